The Kier molecular flexibility index (Phi) is 3.39. The van der Waals surface area contributed by atoms with E-state index in [0.29, 0.717) is 0 Å². The topological polar surface area (TPSA) is 20.2 Å². The van der Waals surface area contributed by atoms with Gasteiger partial charge in [0.2, 0.25) is 0 Å². The summed E-state index contributed by atoms with van der Waals surface area (Å²) in [6.07, 6.45) is 5.77. The first-order valence-electron chi connectivity index (χ1n) is 6.31. The molecule has 2 atom stereocenters. The van der Waals surface area contributed by atoms with Gasteiger partial charge in [0, 0.05) is 10.1 Å². The first-order valence-corrected chi connectivity index (χ1v) is 7.19. The van der Waals surface area contributed by atoms with Crippen molar-refractivity contribution >= 4 is 22.5 Å². The molecule has 0 heterocycles. The molecule has 0 aliphatic heterocycles. The number of rotatable bonds is 2. The van der Waals surface area contributed by atoms with Gasteiger partial charge in [-0.3, -0.25) is 0 Å². The summed E-state index contributed by atoms with van der Waals surface area (Å²) in [6, 6.07) is 14.9. The summed E-state index contributed by atoms with van der Waals surface area (Å²) in [6.45, 7) is 0. The number of hydrogen-bond donors (Lipinski definition) is 1. The summed E-state index contributed by atoms with van der Waals surface area (Å²) < 4.78 is 0. The molecule has 0 spiro atoms. The van der Waals surface area contributed by atoms with Gasteiger partial charge in [0.05, 0.1) is 6.10 Å². The molecule has 1 nitrogen and oxygen atoms in total. The van der Waals surface area contributed by atoms with Crippen LogP contribution >= 0.6 is 11.8 Å². The SMILES string of the molecule is O[C@H]1CC=CC[C@@H]1Sc1ccc2ccccc2c1. The molecule has 1 N–H and O–H groups in total. The van der Waals surface area contributed by atoms with E-state index in [2.05, 4.69) is 54.6 Å². The van der Waals surface area contributed by atoms with Crippen LogP contribution < -0.4 is 0 Å². The molecule has 0 amide bonds. The van der Waals surface area contributed by atoms with E-state index in [1.165, 1.54) is 15.7 Å². The number of fused-ring (bicyclic) bond motifs is 1. The van der Waals surface area contributed by atoms with Gasteiger partial charge in [0.15, 0.2) is 0 Å². The molecule has 3 rings (SSSR count). The van der Waals surface area contributed by atoms with Crippen LogP contribution in [0.25, 0.3) is 10.8 Å². The van der Waals surface area contributed by atoms with Crippen LogP contribution in [0, 0.1) is 0 Å². The van der Waals surface area contributed by atoms with Gasteiger partial charge in [-0.25, -0.2) is 0 Å². The largest absolute Gasteiger partial charge is 0.392 e. The predicted molar refractivity (Wildman–Crippen MR) is 78.0 cm³/mol. The number of thioether (sulfide) groups is 1. The summed E-state index contributed by atoms with van der Waals surface area (Å²) in [4.78, 5) is 1.24. The first-order chi connectivity index (χ1) is 8.83. The molecule has 92 valence electrons. The minimum Gasteiger partial charge on any atom is -0.392 e. The van der Waals surface area contributed by atoms with Crippen LogP contribution in [0.1, 0.15) is 12.8 Å². The highest BCUT2D eigenvalue weighted by Crippen LogP contribution is 2.32. The Morgan fingerprint density at radius 1 is 0.944 bits per heavy atom. The van der Waals surface area contributed by atoms with Crippen molar-refractivity contribution in [1.82, 2.24) is 0 Å². The summed E-state index contributed by atoms with van der Waals surface area (Å²) >= 11 is 1.79. The molecule has 0 fully saturated rings. The van der Waals surface area contributed by atoms with Crippen LogP contribution in [0.15, 0.2) is 59.5 Å². The van der Waals surface area contributed by atoms with Crippen molar-refractivity contribution < 1.29 is 5.11 Å². The highest BCUT2D eigenvalue weighted by molar-refractivity contribution is 8.00. The third-order valence-electron chi connectivity index (χ3n) is 3.35. The standard InChI is InChI=1S/C16H16OS/c17-15-7-3-4-8-16(15)18-14-10-9-12-5-1-2-6-13(12)11-14/h1-6,9-11,15-17H,7-8H2/t15-,16-/m0/s1. The maximum Gasteiger partial charge on any atom is 0.0699 e. The summed E-state index contributed by atoms with van der Waals surface area (Å²) in [5.74, 6) is 0. The lowest BCUT2D eigenvalue weighted by atomic mass is 10.0. The molecule has 2 aromatic rings. The molecule has 2 heteroatoms. The van der Waals surface area contributed by atoms with E-state index in [4.69, 9.17) is 0 Å². The highest BCUT2D eigenvalue weighted by Gasteiger charge is 2.20. The quantitative estimate of drug-likeness (QED) is 0.819. The van der Waals surface area contributed by atoms with E-state index >= 15 is 0 Å². The summed E-state index contributed by atoms with van der Waals surface area (Å²) in [7, 11) is 0. The van der Waals surface area contributed by atoms with Gasteiger partial charge in [0.25, 0.3) is 0 Å². The van der Waals surface area contributed by atoms with E-state index in [1.807, 2.05) is 0 Å². The normalized spacial score (nSPS) is 23.4. The number of allylic oxidation sites excluding steroid dienone is 1. The van der Waals surface area contributed by atoms with E-state index < -0.39 is 0 Å². The van der Waals surface area contributed by atoms with Crippen molar-refractivity contribution in [2.24, 2.45) is 0 Å². The van der Waals surface area contributed by atoms with Gasteiger partial charge >= 0.3 is 0 Å². The maximum absolute atomic E-state index is 9.97. The number of hydrogen-bond acceptors (Lipinski definition) is 2. The van der Waals surface area contributed by atoms with Crippen LogP contribution in [0.2, 0.25) is 0 Å². The molecule has 1 aliphatic rings. The van der Waals surface area contributed by atoms with Gasteiger partial charge in [-0.2, -0.15) is 0 Å². The molecular weight excluding hydrogens is 240 g/mol. The molecule has 0 saturated heterocycles. The highest BCUT2D eigenvalue weighted by atomic mass is 32.2. The Labute approximate surface area is 112 Å². The van der Waals surface area contributed by atoms with Crippen molar-refractivity contribution in [3.63, 3.8) is 0 Å². The van der Waals surface area contributed by atoms with Crippen molar-refractivity contribution in [2.45, 2.75) is 29.1 Å². The zero-order chi connectivity index (χ0) is 12.4. The fraction of sp³-hybridized carbons (Fsp3) is 0.250. The lowest BCUT2D eigenvalue weighted by molar-refractivity contribution is 0.170. The molecule has 18 heavy (non-hydrogen) atoms. The Morgan fingerprint density at radius 2 is 1.72 bits per heavy atom. The number of aliphatic hydroxyl groups excluding tert-OH is 1. The van der Waals surface area contributed by atoms with Crippen LogP contribution in [0.5, 0.6) is 0 Å². The average molecular weight is 256 g/mol. The second kappa shape index (κ2) is 5.17. The predicted octanol–water partition coefficient (Wildman–Crippen LogP) is 4.01. The molecule has 0 radical (unpaired) electrons. The minimum atomic E-state index is -0.216. The van der Waals surface area contributed by atoms with Crippen LogP contribution in [0.4, 0.5) is 0 Å². The second-order valence-corrected chi connectivity index (χ2v) is 5.99. The molecular formula is C16H16OS. The van der Waals surface area contributed by atoms with E-state index in [0.717, 1.165) is 12.8 Å². The van der Waals surface area contributed by atoms with Gasteiger partial charge in [-0.15, -0.1) is 11.8 Å². The fourth-order valence-electron chi connectivity index (χ4n) is 2.32. The summed E-state index contributed by atoms with van der Waals surface area (Å²) in [5, 5.41) is 12.8. The zero-order valence-electron chi connectivity index (χ0n) is 10.1. The van der Waals surface area contributed by atoms with E-state index in [-0.39, 0.29) is 11.4 Å². The maximum atomic E-state index is 9.97. The monoisotopic (exact) mass is 256 g/mol. The molecule has 0 unspecified atom stereocenters. The third kappa shape index (κ3) is 2.45. The van der Waals surface area contributed by atoms with Crippen molar-refractivity contribution in [3.05, 3.63) is 54.6 Å². The van der Waals surface area contributed by atoms with Crippen LogP contribution in [-0.4, -0.2) is 16.5 Å². The average Bonchev–Trinajstić information content (AvgIpc) is 2.41. The summed E-state index contributed by atoms with van der Waals surface area (Å²) in [5.41, 5.74) is 0. The van der Waals surface area contributed by atoms with Crippen LogP contribution in [0.3, 0.4) is 0 Å². The zero-order valence-corrected chi connectivity index (χ0v) is 10.9. The Balaban J connectivity index is 1.84. The van der Waals surface area contributed by atoms with Gasteiger partial charge < -0.3 is 5.11 Å². The lowest BCUT2D eigenvalue weighted by Gasteiger charge is -2.23. The van der Waals surface area contributed by atoms with E-state index in [1.54, 1.807) is 11.8 Å². The van der Waals surface area contributed by atoms with Crippen molar-refractivity contribution in [3.8, 4) is 0 Å². The molecule has 0 saturated carbocycles. The fourth-order valence-corrected chi connectivity index (χ4v) is 3.48. The molecule has 0 bridgehead atoms. The van der Waals surface area contributed by atoms with Gasteiger partial charge in [-0.05, 0) is 35.7 Å². The van der Waals surface area contributed by atoms with Gasteiger partial charge in [-0.1, -0.05) is 42.5 Å². The number of benzene rings is 2. The smallest absolute Gasteiger partial charge is 0.0699 e. The Hall–Kier alpha value is -1.25. The first kappa shape index (κ1) is 11.8. The number of aliphatic hydroxyl groups is 1. The second-order valence-electron chi connectivity index (χ2n) is 4.68. The molecule has 1 aliphatic carbocycles. The van der Waals surface area contributed by atoms with Gasteiger partial charge in [0.1, 0.15) is 0 Å². The Bertz CT molecular complexity index is 576. The third-order valence-corrected chi connectivity index (χ3v) is 4.69. The lowest BCUT2D eigenvalue weighted by Crippen LogP contribution is -2.24. The molecule has 0 aromatic heterocycles. The van der Waals surface area contributed by atoms with E-state index in [9.17, 15) is 5.11 Å². The minimum absolute atomic E-state index is 0.216. The van der Waals surface area contributed by atoms with Crippen molar-refractivity contribution in [2.75, 3.05) is 0 Å². The molecule has 2 aromatic carbocycles. The van der Waals surface area contributed by atoms with Crippen LogP contribution in [-0.2, 0) is 0 Å². The van der Waals surface area contributed by atoms with Crippen molar-refractivity contribution in [1.29, 1.82) is 0 Å². The Morgan fingerprint density at radius 3 is 2.56 bits per heavy atom.